The van der Waals surface area contributed by atoms with Crippen LogP contribution in [-0.4, -0.2) is 106 Å². The molecule has 2 amide bonds. The van der Waals surface area contributed by atoms with E-state index in [9.17, 15) is 29.4 Å². The van der Waals surface area contributed by atoms with Crippen molar-refractivity contribution in [3.05, 3.63) is 33.4 Å². The lowest BCUT2D eigenvalue weighted by Gasteiger charge is -2.49. The smallest absolute Gasteiger partial charge is 0.327 e. The van der Waals surface area contributed by atoms with Crippen molar-refractivity contribution in [3.8, 4) is 0 Å². The van der Waals surface area contributed by atoms with Crippen molar-refractivity contribution in [2.24, 2.45) is 17.3 Å². The van der Waals surface area contributed by atoms with Crippen molar-refractivity contribution in [2.75, 3.05) is 6.61 Å². The molecule has 15 heteroatoms. The Bertz CT molecular complexity index is 1530. The fourth-order valence-corrected chi connectivity index (χ4v) is 8.95. The molecule has 0 aromatic heterocycles. The third kappa shape index (κ3) is 7.03. The number of ether oxygens (including phenoxy) is 4. The van der Waals surface area contributed by atoms with E-state index in [0.717, 1.165) is 34.8 Å². The van der Waals surface area contributed by atoms with Gasteiger partial charge in [-0.3, -0.25) is 24.0 Å². The Balaban J connectivity index is 1.16. The molecule has 0 radical (unpaired) electrons. The van der Waals surface area contributed by atoms with E-state index in [1.807, 2.05) is 24.3 Å². The van der Waals surface area contributed by atoms with Crippen molar-refractivity contribution in [3.63, 3.8) is 0 Å². The standard InChI is InChI=1S/C36H48IN3O11/c1-18(42)26(31(44)38-23(17-41)12-13-25(43)48-34(2,3)4)39-33(46)35-15-24-27-28(50-36(49-27,20-8-9-20)21-10-11-21)30(35)51-40(29(35)32(45)47-24)16-19-6-5-7-22(37)14-19/h5-7,14,18,20-21,23-24,26-30,41-42H,8-13,15-17H2,1-4H3,(H,38,44)(H,39,46)/t18-,23-,24+,26+,27-,28-,29-,30+,35-/m0/s1. The molecular formula is C36H48IN3O11. The number of nitrogens with zero attached hydrogens (tertiary/aromatic N) is 1. The monoisotopic (exact) mass is 825 g/mol. The number of rotatable bonds is 13. The zero-order valence-corrected chi connectivity index (χ0v) is 31.5. The SMILES string of the molecule is C[C@H](O)[C@@H](NC(=O)[C@@]12C[C@H]3OC(=O)[C@@H]1N(Cc1cccc(I)c1)O[C@@H]2[C@H]1OC(C2CC2)(C2CC2)O[C@H]13)C(=O)N[C@H](CO)CCC(=O)OC(C)(C)C. The van der Waals surface area contributed by atoms with Crippen molar-refractivity contribution in [2.45, 2.75) is 139 Å². The summed E-state index contributed by atoms with van der Waals surface area (Å²) < 4.78 is 26.1. The molecule has 6 aliphatic rings. The Morgan fingerprint density at radius 2 is 1.78 bits per heavy atom. The lowest BCUT2D eigenvalue weighted by atomic mass is 9.62. The highest BCUT2D eigenvalue weighted by Crippen LogP contribution is 2.63. The maximum atomic E-state index is 14.8. The molecule has 0 unspecified atom stereocenters. The molecule has 1 aromatic carbocycles. The maximum Gasteiger partial charge on any atom is 0.327 e. The van der Waals surface area contributed by atoms with Gasteiger partial charge in [0.05, 0.1) is 25.3 Å². The van der Waals surface area contributed by atoms with Crippen LogP contribution in [0.1, 0.15) is 78.2 Å². The van der Waals surface area contributed by atoms with Gasteiger partial charge in [0.25, 0.3) is 0 Å². The second-order valence-corrected chi connectivity index (χ2v) is 17.2. The molecule has 7 rings (SSSR count). The molecule has 3 heterocycles. The second-order valence-electron chi connectivity index (χ2n) is 16.0. The number of esters is 2. The van der Waals surface area contributed by atoms with Crippen molar-refractivity contribution >= 4 is 46.3 Å². The van der Waals surface area contributed by atoms with E-state index in [4.69, 9.17) is 23.8 Å². The summed E-state index contributed by atoms with van der Waals surface area (Å²) in [7, 11) is 0. The number of aliphatic hydroxyl groups excluding tert-OH is 2. The molecule has 4 N–H and O–H groups in total. The normalized spacial score (nSPS) is 32.7. The summed E-state index contributed by atoms with van der Waals surface area (Å²) >= 11 is 2.21. The largest absolute Gasteiger partial charge is 0.460 e. The molecule has 3 aliphatic heterocycles. The molecule has 3 saturated heterocycles. The van der Waals surface area contributed by atoms with Gasteiger partial charge in [0.2, 0.25) is 11.8 Å². The highest BCUT2D eigenvalue weighted by atomic mass is 127. The minimum Gasteiger partial charge on any atom is -0.460 e. The maximum absolute atomic E-state index is 14.8. The summed E-state index contributed by atoms with van der Waals surface area (Å²) in [5.41, 5.74) is -1.37. The first-order valence-electron chi connectivity index (χ1n) is 18.0. The Kier molecular flexibility index (Phi) is 9.98. The van der Waals surface area contributed by atoms with Gasteiger partial charge in [-0.25, -0.2) is 0 Å². The molecule has 3 saturated carbocycles. The number of hydroxylamine groups is 2. The van der Waals surface area contributed by atoms with Crippen LogP contribution in [0.3, 0.4) is 0 Å². The van der Waals surface area contributed by atoms with Gasteiger partial charge < -0.3 is 39.8 Å². The number of hydrogen-bond acceptors (Lipinski definition) is 12. The number of carbonyl (C=O) groups excluding carboxylic acids is 4. The average Bonchev–Trinajstić information content (AvgIpc) is 4.00. The van der Waals surface area contributed by atoms with Crippen molar-refractivity contribution in [1.82, 2.24) is 15.7 Å². The van der Waals surface area contributed by atoms with E-state index in [0.29, 0.717) is 0 Å². The molecule has 6 fully saturated rings. The van der Waals surface area contributed by atoms with Gasteiger partial charge in [-0.1, -0.05) is 12.1 Å². The Morgan fingerprint density at radius 3 is 2.39 bits per heavy atom. The van der Waals surface area contributed by atoms with E-state index in [-0.39, 0.29) is 37.6 Å². The summed E-state index contributed by atoms with van der Waals surface area (Å²) in [5.74, 6) is -2.92. The van der Waals surface area contributed by atoms with Crippen LogP contribution < -0.4 is 10.6 Å². The average molecular weight is 826 g/mol. The highest BCUT2D eigenvalue weighted by molar-refractivity contribution is 14.1. The number of fused-ring (bicyclic) bond motifs is 4. The fourth-order valence-electron chi connectivity index (χ4n) is 8.35. The van der Waals surface area contributed by atoms with Gasteiger partial charge in [0, 0.05) is 28.2 Å². The van der Waals surface area contributed by atoms with E-state index in [1.165, 1.54) is 12.0 Å². The van der Waals surface area contributed by atoms with Gasteiger partial charge >= 0.3 is 11.9 Å². The minimum absolute atomic E-state index is 0.0636. The first-order chi connectivity index (χ1) is 24.1. The molecule has 14 nitrogen and oxygen atoms in total. The van der Waals surface area contributed by atoms with Crippen LogP contribution in [0.25, 0.3) is 0 Å². The van der Waals surface area contributed by atoms with Gasteiger partial charge in [-0.15, -0.1) is 0 Å². The topological polar surface area (TPSA) is 182 Å². The molecule has 0 spiro atoms. The predicted molar refractivity (Wildman–Crippen MR) is 186 cm³/mol. The summed E-state index contributed by atoms with van der Waals surface area (Å²) in [6.07, 6.45) is -0.493. The summed E-state index contributed by atoms with van der Waals surface area (Å²) in [6, 6.07) is 4.25. The summed E-state index contributed by atoms with van der Waals surface area (Å²) in [6.45, 7) is 6.29. The molecule has 51 heavy (non-hydrogen) atoms. The molecule has 2 bridgehead atoms. The zero-order chi connectivity index (χ0) is 36.5. The van der Waals surface area contributed by atoms with Crippen LogP contribution in [0, 0.1) is 20.8 Å². The van der Waals surface area contributed by atoms with E-state index < -0.39 is 95.8 Å². The third-order valence-electron chi connectivity index (χ3n) is 10.9. The van der Waals surface area contributed by atoms with Gasteiger partial charge in [0.1, 0.15) is 41.5 Å². The van der Waals surface area contributed by atoms with Crippen molar-refractivity contribution < 1.29 is 53.2 Å². The van der Waals surface area contributed by atoms with Gasteiger partial charge in [-0.05, 0) is 100 Å². The predicted octanol–water partition coefficient (Wildman–Crippen LogP) is 1.86. The van der Waals surface area contributed by atoms with Crippen molar-refractivity contribution in [1.29, 1.82) is 0 Å². The van der Waals surface area contributed by atoms with Crippen LogP contribution in [-0.2, 0) is 49.5 Å². The first-order valence-corrected chi connectivity index (χ1v) is 19.1. The van der Waals surface area contributed by atoms with Crippen LogP contribution >= 0.6 is 22.6 Å². The van der Waals surface area contributed by atoms with E-state index >= 15 is 0 Å². The molecule has 1 aromatic rings. The summed E-state index contributed by atoms with van der Waals surface area (Å²) in [4.78, 5) is 61.4. The number of amides is 2. The van der Waals surface area contributed by atoms with E-state index in [2.05, 4.69) is 33.2 Å². The van der Waals surface area contributed by atoms with E-state index in [1.54, 1.807) is 20.8 Å². The number of carbonyl (C=O) groups is 4. The molecule has 3 aliphatic carbocycles. The quantitative estimate of drug-likeness (QED) is 0.168. The number of hydrogen-bond donors (Lipinski definition) is 4. The Hall–Kier alpha value is -2.41. The van der Waals surface area contributed by atoms with Crippen LogP contribution in [0.2, 0.25) is 0 Å². The highest BCUT2D eigenvalue weighted by Gasteiger charge is 2.78. The van der Waals surface area contributed by atoms with Gasteiger partial charge in [-0.2, -0.15) is 5.06 Å². The zero-order valence-electron chi connectivity index (χ0n) is 29.3. The molecule has 280 valence electrons. The lowest BCUT2D eigenvalue weighted by Crippen LogP contribution is -2.71. The van der Waals surface area contributed by atoms with Crippen LogP contribution in [0.5, 0.6) is 0 Å². The van der Waals surface area contributed by atoms with Crippen LogP contribution in [0.4, 0.5) is 0 Å². The number of halogens is 1. The lowest BCUT2D eigenvalue weighted by molar-refractivity contribution is -0.235. The Morgan fingerprint density at radius 1 is 1.10 bits per heavy atom. The number of nitrogens with one attached hydrogen (secondary N) is 2. The second kappa shape index (κ2) is 13.8. The first kappa shape index (κ1) is 36.9. The summed E-state index contributed by atoms with van der Waals surface area (Å²) in [5, 5.41) is 27.8. The van der Waals surface area contributed by atoms with Crippen LogP contribution in [0.15, 0.2) is 24.3 Å². The number of aliphatic hydroxyl groups is 2. The van der Waals surface area contributed by atoms with Gasteiger partial charge in [0.15, 0.2) is 11.8 Å². The minimum atomic E-state index is -1.55. The number of benzene rings is 1. The molecule has 9 atom stereocenters. The molecular weight excluding hydrogens is 777 g/mol. The third-order valence-corrected chi connectivity index (χ3v) is 11.5. The fraction of sp³-hybridized carbons (Fsp3) is 0.722. The Labute approximate surface area is 310 Å².